The maximum Gasteiger partial charge on any atom is 0.443 e. The molecule has 0 aromatic carbocycles. The molecule has 0 spiro atoms. The van der Waals surface area contributed by atoms with Gasteiger partial charge in [-0.1, -0.05) is 12.8 Å². The molecule has 0 radical (unpaired) electrons. The molecule has 2 rings (SSSR count). The molecule has 0 saturated heterocycles. The van der Waals surface area contributed by atoms with Gasteiger partial charge in [0, 0.05) is 12.2 Å². The van der Waals surface area contributed by atoms with Crippen LogP contribution in [0.25, 0.3) is 0 Å². The molecule has 18 heavy (non-hydrogen) atoms. The molecule has 0 amide bonds. The van der Waals surface area contributed by atoms with Gasteiger partial charge in [0.1, 0.15) is 0 Å². The average molecular weight is 278 g/mol. The Kier molecular flexibility index (Phi) is 4.01. The van der Waals surface area contributed by atoms with Gasteiger partial charge in [-0.2, -0.15) is 13.2 Å². The smallest absolute Gasteiger partial charge is 0.307 e. The third kappa shape index (κ3) is 3.29. The minimum atomic E-state index is -4.47. The summed E-state index contributed by atoms with van der Waals surface area (Å²) in [5, 5.41) is 2.11. The topological polar surface area (TPSA) is 42.0 Å². The number of halogens is 3. The molecule has 0 atom stereocenters. The molecule has 1 aromatic rings. The zero-order valence-electron chi connectivity index (χ0n) is 9.59. The van der Waals surface area contributed by atoms with Gasteiger partial charge < -0.3 is 5.32 Å². The normalized spacial score (nSPS) is 17.3. The first-order valence-corrected chi connectivity index (χ1v) is 6.58. The van der Waals surface area contributed by atoms with Gasteiger partial charge in [-0.15, -0.1) is 11.3 Å². The number of hydrogen-bond donors (Lipinski definition) is 1. The number of thiazole rings is 1. The molecule has 1 saturated carbocycles. The Bertz CT molecular complexity index is 424. The lowest BCUT2D eigenvalue weighted by molar-refractivity contribution is -0.137. The monoisotopic (exact) mass is 278 g/mol. The second-order valence-electron chi connectivity index (χ2n) is 4.31. The fraction of sp³-hybridized carbons (Fsp3) is 0.636. The van der Waals surface area contributed by atoms with E-state index in [1.54, 1.807) is 0 Å². The van der Waals surface area contributed by atoms with Gasteiger partial charge in [0.2, 0.25) is 0 Å². The first-order valence-electron chi connectivity index (χ1n) is 5.76. The second-order valence-corrected chi connectivity index (χ2v) is 5.34. The number of hydrogen-bond acceptors (Lipinski definition) is 4. The van der Waals surface area contributed by atoms with E-state index in [1.165, 1.54) is 0 Å². The summed E-state index contributed by atoms with van der Waals surface area (Å²) in [4.78, 5) is 15.0. The molecule has 100 valence electrons. The van der Waals surface area contributed by atoms with Crippen LogP contribution in [0.3, 0.4) is 0 Å². The van der Waals surface area contributed by atoms with E-state index < -0.39 is 11.2 Å². The highest BCUT2D eigenvalue weighted by Crippen LogP contribution is 2.32. The molecule has 1 fully saturated rings. The van der Waals surface area contributed by atoms with Crippen LogP contribution in [0.4, 0.5) is 13.2 Å². The average Bonchev–Trinajstić information content (AvgIpc) is 2.96. The lowest BCUT2D eigenvalue weighted by Crippen LogP contribution is -2.31. The zero-order chi connectivity index (χ0) is 13.2. The quantitative estimate of drug-likeness (QED) is 0.861. The number of ketones is 1. The Morgan fingerprint density at radius 2 is 2.11 bits per heavy atom. The number of carbonyl (C=O) groups is 1. The lowest BCUT2D eigenvalue weighted by atomic mass is 10.2. The van der Waals surface area contributed by atoms with Gasteiger partial charge in [0.25, 0.3) is 0 Å². The second kappa shape index (κ2) is 5.36. The Hall–Kier alpha value is -0.950. The predicted molar refractivity (Wildman–Crippen MR) is 61.7 cm³/mol. The fourth-order valence-corrected chi connectivity index (χ4v) is 2.71. The summed E-state index contributed by atoms with van der Waals surface area (Å²) in [6.07, 6.45) is 0.886. The van der Waals surface area contributed by atoms with Crippen LogP contribution in [-0.4, -0.2) is 23.4 Å². The maximum atomic E-state index is 12.3. The summed E-state index contributed by atoms with van der Waals surface area (Å²) in [5.41, 5.74) is 0. The summed E-state index contributed by atoms with van der Waals surface area (Å²) in [6.45, 7) is 0.0875. The Morgan fingerprint density at radius 3 is 2.67 bits per heavy atom. The summed E-state index contributed by atoms with van der Waals surface area (Å²) in [5.74, 6) is -0.324. The van der Waals surface area contributed by atoms with Crippen molar-refractivity contribution in [2.45, 2.75) is 37.9 Å². The van der Waals surface area contributed by atoms with Crippen LogP contribution in [0.15, 0.2) is 6.20 Å². The number of Topliss-reactive ketones (excluding diaryl/α,β-unsaturated/α-hetero) is 1. The van der Waals surface area contributed by atoms with Crippen LogP contribution < -0.4 is 5.32 Å². The van der Waals surface area contributed by atoms with E-state index in [-0.39, 0.29) is 17.2 Å². The molecule has 0 aliphatic heterocycles. The minimum Gasteiger partial charge on any atom is -0.307 e. The third-order valence-electron chi connectivity index (χ3n) is 2.93. The van der Waals surface area contributed by atoms with Crippen molar-refractivity contribution in [3.63, 3.8) is 0 Å². The van der Waals surface area contributed by atoms with E-state index in [1.807, 2.05) is 0 Å². The molecular formula is C11H13F3N2OS. The zero-order valence-corrected chi connectivity index (χ0v) is 10.4. The van der Waals surface area contributed by atoms with Crippen molar-refractivity contribution in [2.24, 2.45) is 0 Å². The highest BCUT2D eigenvalue weighted by Gasteiger charge is 2.35. The first-order chi connectivity index (χ1) is 8.47. The predicted octanol–water partition coefficient (Wildman–Crippen LogP) is 2.88. The van der Waals surface area contributed by atoms with Gasteiger partial charge in [-0.25, -0.2) is 4.98 Å². The van der Waals surface area contributed by atoms with E-state index in [4.69, 9.17) is 0 Å². The van der Waals surface area contributed by atoms with Crippen LogP contribution in [-0.2, 0) is 6.18 Å². The fourth-order valence-electron chi connectivity index (χ4n) is 1.99. The van der Waals surface area contributed by atoms with Crippen LogP contribution in [0.2, 0.25) is 0 Å². The molecular weight excluding hydrogens is 265 g/mol. The Labute approximate surface area is 106 Å². The van der Waals surface area contributed by atoms with Gasteiger partial charge in [0.05, 0.1) is 11.4 Å². The number of alkyl halides is 3. The molecule has 7 heteroatoms. The highest BCUT2D eigenvalue weighted by molar-refractivity contribution is 7.13. The summed E-state index contributed by atoms with van der Waals surface area (Å²) < 4.78 is 37.0. The minimum absolute atomic E-state index is 0.0628. The summed E-state index contributed by atoms with van der Waals surface area (Å²) in [6, 6.07) is 0.323. The van der Waals surface area contributed by atoms with Crippen molar-refractivity contribution >= 4 is 17.1 Å². The van der Waals surface area contributed by atoms with Crippen LogP contribution in [0.1, 0.15) is 40.4 Å². The van der Waals surface area contributed by atoms with E-state index in [0.29, 0.717) is 17.4 Å². The van der Waals surface area contributed by atoms with E-state index in [2.05, 4.69) is 10.3 Å². The molecule has 1 aliphatic rings. The van der Waals surface area contributed by atoms with E-state index >= 15 is 0 Å². The summed E-state index contributed by atoms with van der Waals surface area (Å²) in [7, 11) is 0. The van der Waals surface area contributed by atoms with Crippen molar-refractivity contribution in [1.82, 2.24) is 10.3 Å². The van der Waals surface area contributed by atoms with Crippen molar-refractivity contribution in [2.75, 3.05) is 6.54 Å². The Morgan fingerprint density at radius 1 is 1.44 bits per heavy atom. The SMILES string of the molecule is O=C(CNC1CCCC1)c1cnc(C(F)(F)F)s1. The van der Waals surface area contributed by atoms with Gasteiger partial charge in [-0.05, 0) is 12.8 Å². The van der Waals surface area contributed by atoms with Crippen molar-refractivity contribution in [3.05, 3.63) is 16.1 Å². The number of rotatable bonds is 4. The molecule has 3 nitrogen and oxygen atoms in total. The molecule has 1 aromatic heterocycles. The molecule has 1 aliphatic carbocycles. The largest absolute Gasteiger partial charge is 0.443 e. The van der Waals surface area contributed by atoms with E-state index in [9.17, 15) is 18.0 Å². The van der Waals surface area contributed by atoms with E-state index in [0.717, 1.165) is 31.9 Å². The molecule has 1 heterocycles. The van der Waals surface area contributed by atoms with Gasteiger partial charge in [0.15, 0.2) is 10.8 Å². The van der Waals surface area contributed by atoms with Crippen LogP contribution in [0.5, 0.6) is 0 Å². The maximum absolute atomic E-state index is 12.3. The Balaban J connectivity index is 1.90. The first kappa shape index (κ1) is 13.5. The molecule has 1 N–H and O–H groups in total. The van der Waals surface area contributed by atoms with Crippen molar-refractivity contribution < 1.29 is 18.0 Å². The highest BCUT2D eigenvalue weighted by atomic mass is 32.1. The number of carbonyl (C=O) groups excluding carboxylic acids is 1. The van der Waals surface area contributed by atoms with Gasteiger partial charge in [-0.3, -0.25) is 4.79 Å². The molecule has 0 unspecified atom stereocenters. The van der Waals surface area contributed by atoms with Crippen LogP contribution in [0, 0.1) is 0 Å². The van der Waals surface area contributed by atoms with Crippen LogP contribution >= 0.6 is 11.3 Å². The summed E-state index contributed by atoms with van der Waals surface area (Å²) >= 11 is 0.405. The van der Waals surface area contributed by atoms with Crippen molar-refractivity contribution in [1.29, 1.82) is 0 Å². The third-order valence-corrected chi connectivity index (χ3v) is 4.01. The van der Waals surface area contributed by atoms with Gasteiger partial charge >= 0.3 is 6.18 Å². The molecule has 0 bridgehead atoms. The van der Waals surface area contributed by atoms with Crippen molar-refractivity contribution in [3.8, 4) is 0 Å². The lowest BCUT2D eigenvalue weighted by Gasteiger charge is -2.09. The number of nitrogens with zero attached hydrogens (tertiary/aromatic N) is 1. The number of nitrogens with one attached hydrogen (secondary N) is 1. The number of aromatic nitrogens is 1. The standard InChI is InChI=1S/C11H13F3N2OS/c12-11(13,14)10-16-6-9(18-10)8(17)5-15-7-3-1-2-4-7/h6-7,15H,1-5H2.